The van der Waals surface area contributed by atoms with E-state index in [1.165, 1.54) is 22.5 Å². The van der Waals surface area contributed by atoms with E-state index in [9.17, 15) is 13.2 Å². The van der Waals surface area contributed by atoms with E-state index in [0.29, 0.717) is 0 Å². The Hall–Kier alpha value is -1.62. The van der Waals surface area contributed by atoms with Crippen molar-refractivity contribution < 1.29 is 13.2 Å². The maximum absolute atomic E-state index is 12.8. The number of sulfonamides is 1. The molecule has 6 nitrogen and oxygen atoms in total. The largest absolute Gasteiger partial charge is 0.366 e. The summed E-state index contributed by atoms with van der Waals surface area (Å²) in [6, 6.07) is 5.48. The maximum atomic E-state index is 12.8. The van der Waals surface area contributed by atoms with Crippen molar-refractivity contribution in [1.29, 1.82) is 5.26 Å². The van der Waals surface area contributed by atoms with Gasteiger partial charge in [0.25, 0.3) is 0 Å². The third kappa shape index (κ3) is 3.40. The van der Waals surface area contributed by atoms with Crippen molar-refractivity contribution in [1.82, 2.24) is 4.31 Å². The van der Waals surface area contributed by atoms with Crippen LogP contribution in [0.25, 0.3) is 0 Å². The third-order valence-electron chi connectivity index (χ3n) is 3.72. The Bertz CT molecular complexity index is 721. The quantitative estimate of drug-likeness (QED) is 0.825. The van der Waals surface area contributed by atoms with Gasteiger partial charge in [-0.3, -0.25) is 4.79 Å². The number of nitrogens with zero attached hydrogens (tertiary/aromatic N) is 2. The van der Waals surface area contributed by atoms with Gasteiger partial charge >= 0.3 is 0 Å². The number of carbonyl (C=O) groups excluding carboxylic acids is 1. The second-order valence-corrected chi connectivity index (χ2v) is 7.51. The first-order valence-electron chi connectivity index (χ1n) is 6.85. The van der Waals surface area contributed by atoms with Gasteiger partial charge in [-0.2, -0.15) is 9.57 Å². The molecule has 1 aromatic carbocycles. The summed E-state index contributed by atoms with van der Waals surface area (Å²) in [4.78, 5) is 11.2. The van der Waals surface area contributed by atoms with Crippen LogP contribution >= 0.6 is 11.6 Å². The Morgan fingerprint density at radius 3 is 2.55 bits per heavy atom. The molecule has 2 N–H and O–H groups in total. The molecule has 0 atom stereocenters. The molecule has 0 aliphatic heterocycles. The minimum atomic E-state index is -3.91. The lowest BCUT2D eigenvalue weighted by atomic mass is 10.2. The van der Waals surface area contributed by atoms with Gasteiger partial charge in [0.15, 0.2) is 0 Å². The van der Waals surface area contributed by atoms with E-state index in [4.69, 9.17) is 22.6 Å². The number of rotatable bonds is 5. The van der Waals surface area contributed by atoms with E-state index in [2.05, 4.69) is 0 Å². The van der Waals surface area contributed by atoms with Gasteiger partial charge in [-0.25, -0.2) is 8.42 Å². The second kappa shape index (κ2) is 6.65. The van der Waals surface area contributed by atoms with E-state index < -0.39 is 15.9 Å². The number of amides is 1. The molecule has 0 bridgehead atoms. The number of nitriles is 1. The van der Waals surface area contributed by atoms with Gasteiger partial charge in [-0.15, -0.1) is 0 Å². The molecule has 118 valence electrons. The lowest BCUT2D eigenvalue weighted by molar-refractivity contribution is 0.1000. The normalized spacial score (nSPS) is 15.9. The summed E-state index contributed by atoms with van der Waals surface area (Å²) >= 11 is 5.89. The highest BCUT2D eigenvalue weighted by molar-refractivity contribution is 7.89. The Morgan fingerprint density at radius 2 is 2.00 bits per heavy atom. The van der Waals surface area contributed by atoms with Gasteiger partial charge < -0.3 is 5.73 Å². The minimum Gasteiger partial charge on any atom is -0.366 e. The standard InChI is InChI=1S/C14H16ClN3O3S/c15-11-7-10(14(17)19)8-13(9-11)22(20,21)18(6-5-16)12-3-1-2-4-12/h7-9,12H,1-4,6H2,(H2,17,19). The van der Waals surface area contributed by atoms with Crippen molar-refractivity contribution in [3.05, 3.63) is 28.8 Å². The predicted octanol–water partition coefficient (Wildman–Crippen LogP) is 1.90. The van der Waals surface area contributed by atoms with E-state index >= 15 is 0 Å². The molecule has 1 saturated carbocycles. The van der Waals surface area contributed by atoms with E-state index in [-0.39, 0.29) is 28.1 Å². The SMILES string of the molecule is N#CCN(C1CCCC1)S(=O)(=O)c1cc(Cl)cc(C(N)=O)c1. The summed E-state index contributed by atoms with van der Waals surface area (Å²) in [5.41, 5.74) is 5.22. The van der Waals surface area contributed by atoms with Gasteiger partial charge in [0, 0.05) is 16.6 Å². The molecule has 1 fully saturated rings. The van der Waals surface area contributed by atoms with Gasteiger partial charge in [-0.05, 0) is 31.0 Å². The van der Waals surface area contributed by atoms with Crippen molar-refractivity contribution in [3.8, 4) is 6.07 Å². The second-order valence-electron chi connectivity index (χ2n) is 5.19. The van der Waals surface area contributed by atoms with Crippen LogP contribution < -0.4 is 5.73 Å². The number of nitrogens with two attached hydrogens (primary N) is 1. The predicted molar refractivity (Wildman–Crippen MR) is 81.7 cm³/mol. The third-order valence-corrected chi connectivity index (χ3v) is 5.82. The first kappa shape index (κ1) is 16.7. The molecule has 1 aliphatic rings. The minimum absolute atomic E-state index is 0.0226. The molecular weight excluding hydrogens is 326 g/mol. The van der Waals surface area contributed by atoms with Gasteiger partial charge in [-0.1, -0.05) is 24.4 Å². The topological polar surface area (TPSA) is 104 Å². The highest BCUT2D eigenvalue weighted by atomic mass is 35.5. The van der Waals surface area contributed by atoms with Crippen LogP contribution in [0.3, 0.4) is 0 Å². The molecule has 8 heteroatoms. The average Bonchev–Trinajstić information content (AvgIpc) is 2.97. The number of benzene rings is 1. The van der Waals surface area contributed by atoms with Crippen molar-refractivity contribution >= 4 is 27.5 Å². The molecule has 1 aromatic rings. The zero-order chi connectivity index (χ0) is 16.3. The van der Waals surface area contributed by atoms with E-state index in [1.807, 2.05) is 6.07 Å². The number of carbonyl (C=O) groups is 1. The summed E-state index contributed by atoms with van der Waals surface area (Å²) in [6.45, 7) is -0.231. The number of primary amides is 1. The molecule has 0 radical (unpaired) electrons. The molecule has 1 amide bonds. The summed E-state index contributed by atoms with van der Waals surface area (Å²) in [6.07, 6.45) is 3.32. The van der Waals surface area contributed by atoms with E-state index in [0.717, 1.165) is 25.7 Å². The van der Waals surface area contributed by atoms with Crippen LogP contribution in [0.2, 0.25) is 5.02 Å². The lowest BCUT2D eigenvalue weighted by Crippen LogP contribution is -2.39. The Labute approximate surface area is 134 Å². The Balaban J connectivity index is 2.47. The zero-order valence-corrected chi connectivity index (χ0v) is 13.4. The van der Waals surface area contributed by atoms with Crippen LogP contribution in [0.5, 0.6) is 0 Å². The molecule has 0 saturated heterocycles. The van der Waals surface area contributed by atoms with Gasteiger partial charge in [0.05, 0.1) is 11.0 Å². The van der Waals surface area contributed by atoms with Crippen molar-refractivity contribution in [3.63, 3.8) is 0 Å². The fraction of sp³-hybridized carbons (Fsp3) is 0.429. The Morgan fingerprint density at radius 1 is 1.36 bits per heavy atom. The first-order chi connectivity index (χ1) is 10.4. The first-order valence-corrected chi connectivity index (χ1v) is 8.67. The number of hydrogen-bond donors (Lipinski definition) is 1. The highest BCUT2D eigenvalue weighted by Crippen LogP contribution is 2.29. The fourth-order valence-corrected chi connectivity index (χ4v) is 4.61. The van der Waals surface area contributed by atoms with E-state index in [1.54, 1.807) is 0 Å². The van der Waals surface area contributed by atoms with Crippen molar-refractivity contribution in [2.45, 2.75) is 36.6 Å². The van der Waals surface area contributed by atoms with Gasteiger partial charge in [0.1, 0.15) is 6.54 Å². The summed E-state index contributed by atoms with van der Waals surface area (Å²) in [5.74, 6) is -0.758. The van der Waals surface area contributed by atoms with Gasteiger partial charge in [0.2, 0.25) is 15.9 Å². The smallest absolute Gasteiger partial charge is 0.248 e. The molecular formula is C14H16ClN3O3S. The summed E-state index contributed by atoms with van der Waals surface area (Å²) in [7, 11) is -3.91. The monoisotopic (exact) mass is 341 g/mol. The average molecular weight is 342 g/mol. The summed E-state index contributed by atoms with van der Waals surface area (Å²) < 4.78 is 26.8. The maximum Gasteiger partial charge on any atom is 0.248 e. The number of hydrogen-bond acceptors (Lipinski definition) is 4. The van der Waals surface area contributed by atoms with Crippen molar-refractivity contribution in [2.24, 2.45) is 5.73 Å². The summed E-state index contributed by atoms with van der Waals surface area (Å²) in [5, 5.41) is 9.06. The highest BCUT2D eigenvalue weighted by Gasteiger charge is 2.33. The zero-order valence-electron chi connectivity index (χ0n) is 11.8. The van der Waals surface area contributed by atoms with Crippen LogP contribution in [0.15, 0.2) is 23.1 Å². The lowest BCUT2D eigenvalue weighted by Gasteiger charge is -2.25. The Kier molecular flexibility index (Phi) is 5.06. The number of halogens is 1. The van der Waals surface area contributed by atoms with Crippen LogP contribution in [0.4, 0.5) is 0 Å². The van der Waals surface area contributed by atoms with Crippen molar-refractivity contribution in [2.75, 3.05) is 6.54 Å². The molecule has 0 spiro atoms. The molecule has 0 unspecified atom stereocenters. The van der Waals surface area contributed by atoms with Crippen LogP contribution in [0, 0.1) is 11.3 Å². The molecule has 2 rings (SSSR count). The van der Waals surface area contributed by atoms with Crippen LogP contribution in [-0.4, -0.2) is 31.2 Å². The molecule has 0 aromatic heterocycles. The fourth-order valence-electron chi connectivity index (χ4n) is 2.66. The molecule has 22 heavy (non-hydrogen) atoms. The van der Waals surface area contributed by atoms with Crippen LogP contribution in [-0.2, 0) is 10.0 Å². The molecule has 1 aliphatic carbocycles. The van der Waals surface area contributed by atoms with Crippen LogP contribution in [0.1, 0.15) is 36.0 Å². The molecule has 0 heterocycles.